The second-order valence-corrected chi connectivity index (χ2v) is 6.24. The summed E-state index contributed by atoms with van der Waals surface area (Å²) in [6.45, 7) is 1.78. The van der Waals surface area contributed by atoms with Crippen LogP contribution in [-0.2, 0) is 6.54 Å². The van der Waals surface area contributed by atoms with Crippen molar-refractivity contribution in [2.45, 2.75) is 25.4 Å². The molecule has 134 valence electrons. The Morgan fingerprint density at radius 1 is 1.28 bits per heavy atom. The van der Waals surface area contributed by atoms with E-state index in [1.807, 2.05) is 11.9 Å². The van der Waals surface area contributed by atoms with Crippen molar-refractivity contribution in [1.82, 2.24) is 14.9 Å². The Kier molecular flexibility index (Phi) is 5.43. The van der Waals surface area contributed by atoms with Crippen LogP contribution in [0.2, 0.25) is 0 Å². The van der Waals surface area contributed by atoms with Gasteiger partial charge in [-0.15, -0.1) is 0 Å². The number of likely N-dealkylation sites (N-methyl/N-ethyl adjacent to an activating group) is 1. The highest BCUT2D eigenvalue weighted by Gasteiger charge is 2.26. The van der Waals surface area contributed by atoms with Crippen LogP contribution in [0.1, 0.15) is 18.4 Å². The summed E-state index contributed by atoms with van der Waals surface area (Å²) in [5.74, 6) is 0.111. The number of likely N-dealkylation sites (tertiary alicyclic amines) is 1. The van der Waals surface area contributed by atoms with E-state index in [2.05, 4.69) is 14.9 Å². The molecule has 1 aliphatic rings. The Morgan fingerprint density at radius 3 is 2.76 bits per heavy atom. The standard InChI is InChI=1S/C18H22F2N4O/c1-23(18-21-9-8-17(22-18)25-2)13-5-4-10-24(11-13)12-14-15(19)6-3-7-16(14)20/h3,6-9,13H,4-5,10-12H2,1-2H3. The molecule has 2 aromatic rings. The van der Waals surface area contributed by atoms with Gasteiger partial charge >= 0.3 is 0 Å². The first-order chi connectivity index (χ1) is 12.1. The molecule has 0 amide bonds. The van der Waals surface area contributed by atoms with Crippen molar-refractivity contribution >= 4 is 5.95 Å². The van der Waals surface area contributed by atoms with Gasteiger partial charge in [0.1, 0.15) is 11.6 Å². The van der Waals surface area contributed by atoms with Gasteiger partial charge in [-0.2, -0.15) is 4.98 Å². The van der Waals surface area contributed by atoms with Crippen LogP contribution in [0.15, 0.2) is 30.5 Å². The van der Waals surface area contributed by atoms with Crippen LogP contribution in [-0.4, -0.2) is 48.2 Å². The third-order valence-corrected chi connectivity index (χ3v) is 4.61. The predicted octanol–water partition coefficient (Wildman–Crippen LogP) is 2.86. The molecule has 1 atom stereocenters. The molecule has 1 aromatic carbocycles. The normalized spacial score (nSPS) is 18.2. The molecule has 0 radical (unpaired) electrons. The molecule has 3 rings (SSSR count). The number of hydrogen-bond acceptors (Lipinski definition) is 5. The summed E-state index contributed by atoms with van der Waals surface area (Å²) in [5.41, 5.74) is 0.128. The first-order valence-corrected chi connectivity index (χ1v) is 8.33. The Bertz CT molecular complexity index is 708. The summed E-state index contributed by atoms with van der Waals surface area (Å²) in [5, 5.41) is 0. The molecule has 25 heavy (non-hydrogen) atoms. The molecule has 2 heterocycles. The molecule has 1 fully saturated rings. The third kappa shape index (κ3) is 4.04. The maximum Gasteiger partial charge on any atom is 0.228 e. The van der Waals surface area contributed by atoms with Crippen molar-refractivity contribution in [2.75, 3.05) is 32.1 Å². The quantitative estimate of drug-likeness (QED) is 0.831. The van der Waals surface area contributed by atoms with Crippen molar-refractivity contribution < 1.29 is 13.5 Å². The lowest BCUT2D eigenvalue weighted by molar-refractivity contribution is 0.193. The minimum atomic E-state index is -0.494. The van der Waals surface area contributed by atoms with E-state index in [0.717, 1.165) is 19.4 Å². The average molecular weight is 348 g/mol. The van der Waals surface area contributed by atoms with Crippen molar-refractivity contribution in [2.24, 2.45) is 0 Å². The van der Waals surface area contributed by atoms with E-state index < -0.39 is 11.6 Å². The fourth-order valence-corrected chi connectivity index (χ4v) is 3.18. The zero-order valence-corrected chi connectivity index (χ0v) is 14.5. The molecular weight excluding hydrogens is 326 g/mol. The van der Waals surface area contributed by atoms with Gasteiger partial charge in [0.05, 0.1) is 7.11 Å². The number of aromatic nitrogens is 2. The molecule has 1 unspecified atom stereocenters. The number of benzene rings is 1. The number of rotatable bonds is 5. The van der Waals surface area contributed by atoms with Crippen molar-refractivity contribution in [3.05, 3.63) is 47.7 Å². The summed E-state index contributed by atoms with van der Waals surface area (Å²) < 4.78 is 32.9. The number of hydrogen-bond donors (Lipinski definition) is 0. The van der Waals surface area contributed by atoms with Crippen molar-refractivity contribution in [1.29, 1.82) is 0 Å². The lowest BCUT2D eigenvalue weighted by Gasteiger charge is -2.37. The van der Waals surface area contributed by atoms with Gasteiger partial charge in [0.15, 0.2) is 0 Å². The summed E-state index contributed by atoms with van der Waals surface area (Å²) in [4.78, 5) is 12.7. The fourth-order valence-electron chi connectivity index (χ4n) is 3.18. The second-order valence-electron chi connectivity index (χ2n) is 6.24. The molecule has 1 aliphatic heterocycles. The summed E-state index contributed by atoms with van der Waals surface area (Å²) in [7, 11) is 3.50. The first kappa shape index (κ1) is 17.5. The van der Waals surface area contributed by atoms with Gasteiger partial charge in [-0.05, 0) is 31.5 Å². The monoisotopic (exact) mass is 348 g/mol. The molecule has 0 bridgehead atoms. The van der Waals surface area contributed by atoms with Crippen LogP contribution in [0.4, 0.5) is 14.7 Å². The molecular formula is C18H22F2N4O. The highest BCUT2D eigenvalue weighted by atomic mass is 19.1. The Balaban J connectivity index is 1.70. The number of ether oxygens (including phenoxy) is 1. The number of nitrogens with zero attached hydrogens (tertiary/aromatic N) is 4. The molecule has 1 saturated heterocycles. The summed E-state index contributed by atoms with van der Waals surface area (Å²) >= 11 is 0. The summed E-state index contributed by atoms with van der Waals surface area (Å²) in [6, 6.07) is 5.87. The van der Waals surface area contributed by atoms with E-state index >= 15 is 0 Å². The van der Waals surface area contributed by atoms with Gasteiger partial charge in [0, 0.05) is 44.0 Å². The van der Waals surface area contributed by atoms with E-state index in [0.29, 0.717) is 18.4 Å². The third-order valence-electron chi connectivity index (χ3n) is 4.61. The molecule has 0 aliphatic carbocycles. The molecule has 0 saturated carbocycles. The van der Waals surface area contributed by atoms with Gasteiger partial charge in [-0.1, -0.05) is 6.07 Å². The SMILES string of the molecule is COc1ccnc(N(C)C2CCCN(Cc3c(F)cccc3F)C2)n1. The van der Waals surface area contributed by atoms with Crippen molar-refractivity contribution in [3.63, 3.8) is 0 Å². The number of methoxy groups -OCH3 is 1. The first-order valence-electron chi connectivity index (χ1n) is 8.33. The zero-order valence-electron chi connectivity index (χ0n) is 14.5. The molecule has 7 heteroatoms. The van der Waals surface area contributed by atoms with Gasteiger partial charge in [-0.3, -0.25) is 4.90 Å². The minimum absolute atomic E-state index is 0.128. The lowest BCUT2D eigenvalue weighted by atomic mass is 10.0. The van der Waals surface area contributed by atoms with E-state index in [-0.39, 0.29) is 18.2 Å². The predicted molar refractivity (Wildman–Crippen MR) is 91.6 cm³/mol. The molecule has 0 spiro atoms. The van der Waals surface area contributed by atoms with Crippen LogP contribution in [0.3, 0.4) is 0 Å². The average Bonchev–Trinajstić information content (AvgIpc) is 2.64. The largest absolute Gasteiger partial charge is 0.481 e. The van der Waals surface area contributed by atoms with E-state index in [1.165, 1.54) is 18.2 Å². The molecule has 0 N–H and O–H groups in total. The van der Waals surface area contributed by atoms with Gasteiger partial charge < -0.3 is 9.64 Å². The molecule has 5 nitrogen and oxygen atoms in total. The van der Waals surface area contributed by atoms with Crippen LogP contribution in [0, 0.1) is 11.6 Å². The maximum absolute atomic E-state index is 13.9. The smallest absolute Gasteiger partial charge is 0.228 e. The zero-order chi connectivity index (χ0) is 17.8. The van der Waals surface area contributed by atoms with E-state index in [4.69, 9.17) is 4.74 Å². The van der Waals surface area contributed by atoms with Crippen LogP contribution in [0.25, 0.3) is 0 Å². The Hall–Kier alpha value is -2.28. The highest BCUT2D eigenvalue weighted by molar-refractivity contribution is 5.32. The fraction of sp³-hybridized carbons (Fsp3) is 0.444. The summed E-state index contributed by atoms with van der Waals surface area (Å²) in [6.07, 6.45) is 3.59. The van der Waals surface area contributed by atoms with Gasteiger partial charge in [0.2, 0.25) is 11.8 Å². The van der Waals surface area contributed by atoms with Crippen LogP contribution < -0.4 is 9.64 Å². The van der Waals surface area contributed by atoms with E-state index in [1.54, 1.807) is 19.4 Å². The minimum Gasteiger partial charge on any atom is -0.481 e. The van der Waals surface area contributed by atoms with Gasteiger partial charge in [0.25, 0.3) is 0 Å². The number of piperidine rings is 1. The van der Waals surface area contributed by atoms with Crippen LogP contribution in [0.5, 0.6) is 5.88 Å². The van der Waals surface area contributed by atoms with Gasteiger partial charge in [-0.25, -0.2) is 13.8 Å². The Morgan fingerprint density at radius 2 is 2.04 bits per heavy atom. The van der Waals surface area contributed by atoms with Crippen molar-refractivity contribution in [3.8, 4) is 5.88 Å². The topological polar surface area (TPSA) is 41.5 Å². The Labute approximate surface area is 146 Å². The number of halogens is 2. The lowest BCUT2D eigenvalue weighted by Crippen LogP contribution is -2.47. The number of anilines is 1. The second kappa shape index (κ2) is 7.74. The highest BCUT2D eigenvalue weighted by Crippen LogP contribution is 2.22. The van der Waals surface area contributed by atoms with E-state index in [9.17, 15) is 8.78 Å². The maximum atomic E-state index is 13.9. The van der Waals surface area contributed by atoms with Crippen LogP contribution >= 0.6 is 0 Å². The molecule has 1 aromatic heterocycles.